The van der Waals surface area contributed by atoms with Gasteiger partial charge in [-0.15, -0.1) is 0 Å². The molecule has 0 spiro atoms. The number of ether oxygens (including phenoxy) is 3. The molecule has 0 aliphatic heterocycles. The van der Waals surface area contributed by atoms with E-state index in [1.54, 1.807) is 27.4 Å². The molecule has 0 aliphatic rings. The van der Waals surface area contributed by atoms with Gasteiger partial charge in [0.25, 0.3) is 0 Å². The van der Waals surface area contributed by atoms with Crippen LogP contribution in [0.3, 0.4) is 0 Å². The molecular formula is C16H18ClNO3. The van der Waals surface area contributed by atoms with Crippen LogP contribution in [0.15, 0.2) is 36.4 Å². The van der Waals surface area contributed by atoms with E-state index in [2.05, 4.69) is 5.32 Å². The van der Waals surface area contributed by atoms with E-state index in [0.717, 1.165) is 28.5 Å². The fraction of sp³-hybridized carbons (Fsp3) is 0.250. The Morgan fingerprint density at radius 2 is 1.57 bits per heavy atom. The van der Waals surface area contributed by atoms with Gasteiger partial charge in [0.15, 0.2) is 0 Å². The molecule has 0 aliphatic carbocycles. The van der Waals surface area contributed by atoms with Gasteiger partial charge in [-0.1, -0.05) is 11.6 Å². The van der Waals surface area contributed by atoms with E-state index >= 15 is 0 Å². The molecule has 0 fully saturated rings. The quantitative estimate of drug-likeness (QED) is 0.876. The van der Waals surface area contributed by atoms with Crippen LogP contribution in [0.4, 0.5) is 5.69 Å². The minimum absolute atomic E-state index is 0.563. The van der Waals surface area contributed by atoms with Crippen LogP contribution in [0, 0.1) is 0 Å². The van der Waals surface area contributed by atoms with Crippen LogP contribution in [0.5, 0.6) is 17.2 Å². The summed E-state index contributed by atoms with van der Waals surface area (Å²) in [5.41, 5.74) is 1.79. The molecule has 4 nitrogen and oxygen atoms in total. The number of hydrogen-bond donors (Lipinski definition) is 1. The standard InChI is InChI=1S/C16H18ClNO3/c1-19-12-5-7-16(21-3)11(8-12)10-18-15-9-13(20-2)4-6-14(15)17/h4-9,18H,10H2,1-3H3. The molecule has 1 N–H and O–H groups in total. The summed E-state index contributed by atoms with van der Waals surface area (Å²) in [6, 6.07) is 11.1. The van der Waals surface area contributed by atoms with Gasteiger partial charge < -0.3 is 19.5 Å². The summed E-state index contributed by atoms with van der Waals surface area (Å²) >= 11 is 6.18. The molecule has 2 aromatic carbocycles. The zero-order valence-electron chi connectivity index (χ0n) is 12.3. The first-order chi connectivity index (χ1) is 10.2. The summed E-state index contributed by atoms with van der Waals surface area (Å²) in [5.74, 6) is 2.33. The predicted octanol–water partition coefficient (Wildman–Crippen LogP) is 3.98. The maximum absolute atomic E-state index is 6.18. The van der Waals surface area contributed by atoms with Crippen molar-refractivity contribution in [2.24, 2.45) is 0 Å². The van der Waals surface area contributed by atoms with Crippen molar-refractivity contribution in [3.05, 3.63) is 47.0 Å². The molecule has 0 heterocycles. The van der Waals surface area contributed by atoms with Gasteiger partial charge in [-0.25, -0.2) is 0 Å². The number of nitrogens with one attached hydrogen (secondary N) is 1. The Morgan fingerprint density at radius 3 is 2.24 bits per heavy atom. The van der Waals surface area contributed by atoms with Crippen molar-refractivity contribution in [1.82, 2.24) is 0 Å². The summed E-state index contributed by atoms with van der Waals surface area (Å²) in [7, 11) is 4.90. The number of benzene rings is 2. The van der Waals surface area contributed by atoms with Crippen LogP contribution in [-0.2, 0) is 6.54 Å². The van der Waals surface area contributed by atoms with Crippen LogP contribution in [-0.4, -0.2) is 21.3 Å². The lowest BCUT2D eigenvalue weighted by Crippen LogP contribution is -2.03. The average Bonchev–Trinajstić information content (AvgIpc) is 2.53. The molecular weight excluding hydrogens is 290 g/mol. The van der Waals surface area contributed by atoms with Gasteiger partial charge in [0.2, 0.25) is 0 Å². The largest absolute Gasteiger partial charge is 0.497 e. The topological polar surface area (TPSA) is 39.7 Å². The van der Waals surface area contributed by atoms with Crippen LogP contribution in [0.2, 0.25) is 5.02 Å². The van der Waals surface area contributed by atoms with Crippen molar-refractivity contribution < 1.29 is 14.2 Å². The van der Waals surface area contributed by atoms with Crippen molar-refractivity contribution in [2.45, 2.75) is 6.54 Å². The predicted molar refractivity (Wildman–Crippen MR) is 84.9 cm³/mol. The molecule has 0 radical (unpaired) electrons. The highest BCUT2D eigenvalue weighted by Gasteiger charge is 2.07. The van der Waals surface area contributed by atoms with E-state index in [-0.39, 0.29) is 0 Å². The maximum Gasteiger partial charge on any atom is 0.124 e. The smallest absolute Gasteiger partial charge is 0.124 e. The highest BCUT2D eigenvalue weighted by Crippen LogP contribution is 2.29. The molecule has 0 atom stereocenters. The number of anilines is 1. The molecule has 0 amide bonds. The number of methoxy groups -OCH3 is 3. The van der Waals surface area contributed by atoms with E-state index < -0.39 is 0 Å². The molecule has 21 heavy (non-hydrogen) atoms. The van der Waals surface area contributed by atoms with Crippen molar-refractivity contribution in [2.75, 3.05) is 26.6 Å². The molecule has 0 saturated heterocycles. The first-order valence-electron chi connectivity index (χ1n) is 6.46. The highest BCUT2D eigenvalue weighted by molar-refractivity contribution is 6.33. The van der Waals surface area contributed by atoms with Crippen molar-refractivity contribution >= 4 is 17.3 Å². The normalized spacial score (nSPS) is 10.1. The minimum atomic E-state index is 0.563. The van der Waals surface area contributed by atoms with E-state index in [0.29, 0.717) is 11.6 Å². The van der Waals surface area contributed by atoms with Gasteiger partial charge >= 0.3 is 0 Å². The van der Waals surface area contributed by atoms with E-state index in [4.69, 9.17) is 25.8 Å². The molecule has 5 heteroatoms. The summed E-state index contributed by atoms with van der Waals surface area (Å²) in [6.45, 7) is 0.563. The average molecular weight is 308 g/mol. The molecule has 2 rings (SSSR count). The van der Waals surface area contributed by atoms with Crippen LogP contribution in [0.25, 0.3) is 0 Å². The van der Waals surface area contributed by atoms with E-state index in [1.165, 1.54) is 0 Å². The van der Waals surface area contributed by atoms with Gasteiger partial charge in [0, 0.05) is 18.2 Å². The Balaban J connectivity index is 2.19. The second-order valence-electron chi connectivity index (χ2n) is 4.38. The third-order valence-electron chi connectivity index (χ3n) is 3.13. The fourth-order valence-electron chi connectivity index (χ4n) is 1.98. The van der Waals surface area contributed by atoms with Crippen LogP contribution < -0.4 is 19.5 Å². The Bertz CT molecular complexity index is 616. The number of halogens is 1. The van der Waals surface area contributed by atoms with Crippen molar-refractivity contribution in [3.63, 3.8) is 0 Å². The highest BCUT2D eigenvalue weighted by atomic mass is 35.5. The second-order valence-corrected chi connectivity index (χ2v) is 4.78. The summed E-state index contributed by atoms with van der Waals surface area (Å²) in [5, 5.41) is 3.92. The van der Waals surface area contributed by atoms with Gasteiger partial charge in [-0.05, 0) is 30.3 Å². The summed E-state index contributed by atoms with van der Waals surface area (Å²) in [4.78, 5) is 0. The third kappa shape index (κ3) is 3.73. The Labute approximate surface area is 129 Å². The zero-order chi connectivity index (χ0) is 15.2. The molecule has 2 aromatic rings. The first kappa shape index (κ1) is 15.3. The fourth-order valence-corrected chi connectivity index (χ4v) is 2.16. The second kappa shape index (κ2) is 7.09. The van der Waals surface area contributed by atoms with Crippen LogP contribution in [0.1, 0.15) is 5.56 Å². The molecule has 112 valence electrons. The lowest BCUT2D eigenvalue weighted by molar-refractivity contribution is 0.399. The van der Waals surface area contributed by atoms with Gasteiger partial charge in [-0.2, -0.15) is 0 Å². The Kier molecular flexibility index (Phi) is 5.17. The lowest BCUT2D eigenvalue weighted by atomic mass is 10.1. The lowest BCUT2D eigenvalue weighted by Gasteiger charge is -2.13. The van der Waals surface area contributed by atoms with Crippen molar-refractivity contribution in [1.29, 1.82) is 0 Å². The molecule has 0 saturated carbocycles. The monoisotopic (exact) mass is 307 g/mol. The Hall–Kier alpha value is -2.07. The van der Waals surface area contributed by atoms with Gasteiger partial charge in [0.05, 0.1) is 32.0 Å². The number of hydrogen-bond acceptors (Lipinski definition) is 4. The summed E-state index contributed by atoms with van der Waals surface area (Å²) in [6.07, 6.45) is 0. The van der Waals surface area contributed by atoms with Gasteiger partial charge in [0.1, 0.15) is 17.2 Å². The Morgan fingerprint density at radius 1 is 0.905 bits per heavy atom. The maximum atomic E-state index is 6.18. The SMILES string of the molecule is COc1ccc(OC)c(CNc2cc(OC)ccc2Cl)c1. The van der Waals surface area contributed by atoms with Gasteiger partial charge in [-0.3, -0.25) is 0 Å². The summed E-state index contributed by atoms with van der Waals surface area (Å²) < 4.78 is 15.8. The first-order valence-corrected chi connectivity index (χ1v) is 6.84. The van der Waals surface area contributed by atoms with E-state index in [9.17, 15) is 0 Å². The van der Waals surface area contributed by atoms with E-state index in [1.807, 2.05) is 30.3 Å². The third-order valence-corrected chi connectivity index (χ3v) is 3.46. The minimum Gasteiger partial charge on any atom is -0.497 e. The molecule has 0 bridgehead atoms. The number of rotatable bonds is 6. The molecule has 0 unspecified atom stereocenters. The molecule has 0 aromatic heterocycles. The van der Waals surface area contributed by atoms with Crippen LogP contribution >= 0.6 is 11.6 Å². The zero-order valence-corrected chi connectivity index (χ0v) is 13.0. The van der Waals surface area contributed by atoms with Crippen molar-refractivity contribution in [3.8, 4) is 17.2 Å².